The van der Waals surface area contributed by atoms with Gasteiger partial charge in [0.1, 0.15) is 12.2 Å². The van der Waals surface area contributed by atoms with Gasteiger partial charge in [-0.2, -0.15) is 4.31 Å². The molecule has 0 saturated carbocycles. The second-order valence-corrected chi connectivity index (χ2v) is 8.92. The van der Waals surface area contributed by atoms with Crippen LogP contribution in [0, 0.1) is 0 Å². The van der Waals surface area contributed by atoms with Crippen molar-refractivity contribution >= 4 is 21.8 Å². The summed E-state index contributed by atoms with van der Waals surface area (Å²) in [5, 5.41) is 2.63. The number of hydrogen-bond acceptors (Lipinski definition) is 6. The minimum atomic E-state index is -3.46. The van der Waals surface area contributed by atoms with Crippen LogP contribution in [-0.4, -0.2) is 93.3 Å². The fourth-order valence-electron chi connectivity index (χ4n) is 3.49. The molecule has 2 atom stereocenters. The molecule has 0 aromatic carbocycles. The Labute approximate surface area is 154 Å². The minimum absolute atomic E-state index is 0.0385. The number of ether oxygens (including phenoxy) is 2. The molecule has 26 heavy (non-hydrogen) atoms. The number of nitrogens with zero attached hydrogens (tertiary/aromatic N) is 2. The summed E-state index contributed by atoms with van der Waals surface area (Å²) < 4.78 is 36.9. The Hall–Kier alpha value is -1.23. The highest BCUT2D eigenvalue weighted by Crippen LogP contribution is 2.17. The Kier molecular flexibility index (Phi) is 6.49. The van der Waals surface area contributed by atoms with Crippen molar-refractivity contribution in [3.63, 3.8) is 0 Å². The molecule has 3 rings (SSSR count). The lowest BCUT2D eigenvalue weighted by atomic mass is 10.2. The van der Waals surface area contributed by atoms with Crippen LogP contribution < -0.4 is 5.32 Å². The van der Waals surface area contributed by atoms with Crippen LogP contribution in [0.2, 0.25) is 0 Å². The molecule has 3 fully saturated rings. The normalized spacial score (nSPS) is 27.6. The highest BCUT2D eigenvalue weighted by Gasteiger charge is 2.33. The van der Waals surface area contributed by atoms with E-state index in [9.17, 15) is 18.0 Å². The van der Waals surface area contributed by atoms with Crippen molar-refractivity contribution in [3.05, 3.63) is 0 Å². The summed E-state index contributed by atoms with van der Waals surface area (Å²) in [6, 6.07) is 0. The van der Waals surface area contributed by atoms with Crippen LogP contribution in [-0.2, 0) is 29.1 Å². The largest absolute Gasteiger partial charge is 0.368 e. The number of carbonyl (C=O) groups excluding carboxylic acids is 2. The third-order valence-corrected chi connectivity index (χ3v) is 6.90. The van der Waals surface area contributed by atoms with Crippen LogP contribution in [0.5, 0.6) is 0 Å². The van der Waals surface area contributed by atoms with Gasteiger partial charge in [-0.1, -0.05) is 0 Å². The van der Waals surface area contributed by atoms with Crippen molar-refractivity contribution in [2.75, 3.05) is 51.7 Å². The Bertz CT molecular complexity index is 605. The molecule has 0 radical (unpaired) electrons. The van der Waals surface area contributed by atoms with Gasteiger partial charge in [0.15, 0.2) is 0 Å². The fourth-order valence-corrected chi connectivity index (χ4v) is 4.83. The van der Waals surface area contributed by atoms with Crippen molar-refractivity contribution < 1.29 is 27.5 Å². The van der Waals surface area contributed by atoms with Crippen molar-refractivity contribution in [2.45, 2.75) is 37.9 Å². The maximum absolute atomic E-state index is 12.4. The molecule has 0 bridgehead atoms. The number of nitrogens with one attached hydrogen (secondary N) is 1. The zero-order chi connectivity index (χ0) is 18.6. The third kappa shape index (κ3) is 4.73. The van der Waals surface area contributed by atoms with Crippen LogP contribution in [0.25, 0.3) is 0 Å². The smallest absolute Gasteiger partial charge is 0.251 e. The molecule has 0 aromatic heterocycles. The van der Waals surface area contributed by atoms with Gasteiger partial charge >= 0.3 is 0 Å². The Balaban J connectivity index is 1.41. The van der Waals surface area contributed by atoms with E-state index < -0.39 is 16.1 Å². The molecule has 0 aliphatic carbocycles. The van der Waals surface area contributed by atoms with Crippen LogP contribution in [0.3, 0.4) is 0 Å². The second kappa shape index (κ2) is 8.64. The lowest BCUT2D eigenvalue weighted by molar-refractivity contribution is -0.142. The van der Waals surface area contributed by atoms with Crippen LogP contribution in [0.15, 0.2) is 0 Å². The average Bonchev–Trinajstić information content (AvgIpc) is 3.34. The summed E-state index contributed by atoms with van der Waals surface area (Å²) >= 11 is 0. The zero-order valence-electron chi connectivity index (χ0n) is 14.9. The number of hydrogen-bond donors (Lipinski definition) is 1. The quantitative estimate of drug-likeness (QED) is 0.621. The summed E-state index contributed by atoms with van der Waals surface area (Å²) in [5.74, 6) is -0.432. The van der Waals surface area contributed by atoms with E-state index in [4.69, 9.17) is 9.47 Å². The van der Waals surface area contributed by atoms with E-state index in [0.29, 0.717) is 32.7 Å². The monoisotopic (exact) mass is 389 g/mol. The first kappa shape index (κ1) is 19.5. The predicted octanol–water partition coefficient (Wildman–Crippen LogP) is -1.07. The van der Waals surface area contributed by atoms with E-state index in [2.05, 4.69) is 5.32 Å². The summed E-state index contributed by atoms with van der Waals surface area (Å²) in [6.07, 6.45) is 2.34. The highest BCUT2D eigenvalue weighted by molar-refractivity contribution is 7.89. The van der Waals surface area contributed by atoms with Gasteiger partial charge < -0.3 is 19.7 Å². The molecule has 3 saturated heterocycles. The molecule has 2 amide bonds. The van der Waals surface area contributed by atoms with Crippen molar-refractivity contribution in [1.82, 2.24) is 14.5 Å². The average molecular weight is 389 g/mol. The Morgan fingerprint density at radius 2 is 1.58 bits per heavy atom. The van der Waals surface area contributed by atoms with E-state index in [1.54, 1.807) is 4.90 Å². The number of amides is 2. The third-order valence-electron chi connectivity index (χ3n) is 5.03. The van der Waals surface area contributed by atoms with Crippen molar-refractivity contribution in [3.8, 4) is 0 Å². The molecule has 148 valence electrons. The number of sulfonamides is 1. The number of piperazine rings is 1. The fraction of sp³-hybridized carbons (Fsp3) is 0.875. The van der Waals surface area contributed by atoms with Gasteiger partial charge in [-0.25, -0.2) is 8.42 Å². The summed E-state index contributed by atoms with van der Waals surface area (Å²) in [6.45, 7) is 2.56. The van der Waals surface area contributed by atoms with Gasteiger partial charge in [0.05, 0.1) is 5.75 Å². The lowest BCUT2D eigenvalue weighted by Gasteiger charge is -2.35. The van der Waals surface area contributed by atoms with Crippen LogP contribution in [0.1, 0.15) is 25.7 Å². The van der Waals surface area contributed by atoms with Crippen LogP contribution >= 0.6 is 0 Å². The number of rotatable bonds is 6. The lowest BCUT2D eigenvalue weighted by Crippen LogP contribution is -2.53. The first-order valence-electron chi connectivity index (χ1n) is 9.25. The molecule has 9 nitrogen and oxygen atoms in total. The molecule has 0 spiro atoms. The Morgan fingerprint density at radius 3 is 2.15 bits per heavy atom. The second-order valence-electron chi connectivity index (χ2n) is 6.83. The molecule has 3 aliphatic heterocycles. The van der Waals surface area contributed by atoms with Gasteiger partial charge in [0, 0.05) is 45.9 Å². The molecule has 3 heterocycles. The summed E-state index contributed by atoms with van der Waals surface area (Å²) in [5.41, 5.74) is 0. The van der Waals surface area contributed by atoms with E-state index in [1.807, 2.05) is 0 Å². The molecular weight excluding hydrogens is 362 g/mol. The zero-order valence-corrected chi connectivity index (χ0v) is 15.7. The van der Waals surface area contributed by atoms with Gasteiger partial charge in [-0.3, -0.25) is 9.59 Å². The molecule has 10 heteroatoms. The highest BCUT2D eigenvalue weighted by atomic mass is 32.2. The first-order chi connectivity index (χ1) is 12.5. The topological polar surface area (TPSA) is 105 Å². The van der Waals surface area contributed by atoms with Gasteiger partial charge in [0.2, 0.25) is 15.9 Å². The summed E-state index contributed by atoms with van der Waals surface area (Å²) in [7, 11) is -3.46. The van der Waals surface area contributed by atoms with E-state index >= 15 is 0 Å². The van der Waals surface area contributed by atoms with Crippen LogP contribution in [0.4, 0.5) is 0 Å². The first-order valence-corrected chi connectivity index (χ1v) is 10.9. The van der Waals surface area contributed by atoms with Gasteiger partial charge in [0.25, 0.3) is 5.91 Å². The maximum Gasteiger partial charge on any atom is 0.251 e. The summed E-state index contributed by atoms with van der Waals surface area (Å²) in [4.78, 5) is 25.8. The molecule has 0 aromatic rings. The minimum Gasteiger partial charge on any atom is -0.368 e. The van der Waals surface area contributed by atoms with Crippen molar-refractivity contribution in [1.29, 1.82) is 0 Å². The predicted molar refractivity (Wildman–Crippen MR) is 92.9 cm³/mol. The molecule has 3 aliphatic rings. The molecule has 0 unspecified atom stereocenters. The SMILES string of the molecule is O=C(NCCS(=O)(=O)N1CCN(C(=O)[C@H]2CCCO2)CC1)[C@H]1CCCO1. The number of carbonyl (C=O) groups is 2. The standard InChI is InChI=1S/C16H27N3O6S/c20-15(13-3-1-10-24-13)17-5-12-26(22,23)19-8-6-18(7-9-19)16(21)14-4-2-11-25-14/h13-14H,1-12H2,(H,17,20)/t13-,14-/m1/s1. The van der Waals surface area contributed by atoms with Gasteiger partial charge in [-0.05, 0) is 25.7 Å². The molecule has 1 N–H and O–H groups in total. The maximum atomic E-state index is 12.4. The van der Waals surface area contributed by atoms with E-state index in [0.717, 1.165) is 19.3 Å². The van der Waals surface area contributed by atoms with Gasteiger partial charge in [-0.15, -0.1) is 0 Å². The van der Waals surface area contributed by atoms with Crippen molar-refractivity contribution in [2.24, 2.45) is 0 Å². The molecular formula is C16H27N3O6S. The Morgan fingerprint density at radius 1 is 0.962 bits per heavy atom. The van der Waals surface area contributed by atoms with E-state index in [1.165, 1.54) is 4.31 Å². The van der Waals surface area contributed by atoms with E-state index in [-0.39, 0.29) is 43.3 Å².